The number of hydrogen-bond acceptors (Lipinski definition) is 7. The zero-order valence-electron chi connectivity index (χ0n) is 19.9. The fraction of sp³-hybridized carbons (Fsp3) is 0.320. The molecule has 0 unspecified atom stereocenters. The van der Waals surface area contributed by atoms with Crippen LogP contribution in [-0.4, -0.2) is 58.1 Å². The number of nitriles is 1. The second-order valence-electron chi connectivity index (χ2n) is 7.64. The topological polar surface area (TPSA) is 93.0 Å². The van der Waals surface area contributed by atoms with Crippen LogP contribution in [0.5, 0.6) is 0 Å². The first kappa shape index (κ1) is 27.6. The lowest BCUT2D eigenvalue weighted by Gasteiger charge is -2.35. The van der Waals surface area contributed by atoms with Gasteiger partial charge in [-0.05, 0) is 62.8 Å². The molecule has 0 atom stereocenters. The number of halogens is 3. The third kappa shape index (κ3) is 8.24. The molecule has 35 heavy (non-hydrogen) atoms. The van der Waals surface area contributed by atoms with Crippen LogP contribution < -0.4 is 16.0 Å². The first-order valence-corrected chi connectivity index (χ1v) is 11.0. The van der Waals surface area contributed by atoms with Crippen LogP contribution in [-0.2, 0) is 12.6 Å². The minimum Gasteiger partial charge on any atom is -0.368 e. The normalized spacial score (nSPS) is 14.8. The van der Waals surface area contributed by atoms with Crippen molar-refractivity contribution in [2.45, 2.75) is 12.6 Å². The van der Waals surface area contributed by atoms with E-state index in [1.54, 1.807) is 11.0 Å². The van der Waals surface area contributed by atoms with Gasteiger partial charge in [0, 0.05) is 43.8 Å². The summed E-state index contributed by atoms with van der Waals surface area (Å²) in [5.41, 5.74) is 5.74. The Kier molecular flexibility index (Phi) is 10.5. The quantitative estimate of drug-likeness (QED) is 0.565. The predicted molar refractivity (Wildman–Crippen MR) is 136 cm³/mol. The molecule has 0 bridgehead atoms. The van der Waals surface area contributed by atoms with Crippen LogP contribution >= 0.6 is 0 Å². The predicted octanol–water partition coefficient (Wildman–Crippen LogP) is 4.45. The first-order chi connectivity index (χ1) is 16.8. The van der Waals surface area contributed by atoms with Crippen molar-refractivity contribution < 1.29 is 13.2 Å². The molecule has 1 aliphatic heterocycles. The molecule has 0 saturated carbocycles. The molecule has 2 aromatic rings. The number of nitrogens with zero attached hydrogens (tertiary/aromatic N) is 5. The third-order valence-electron chi connectivity index (χ3n) is 5.24. The molecule has 1 saturated heterocycles. The minimum absolute atomic E-state index is 0.178. The smallest absolute Gasteiger partial charge is 0.368 e. The van der Waals surface area contributed by atoms with Gasteiger partial charge in [-0.3, -0.25) is 4.99 Å². The number of nitrogens with two attached hydrogens (primary N) is 1. The van der Waals surface area contributed by atoms with Gasteiger partial charge < -0.3 is 20.9 Å². The first-order valence-electron chi connectivity index (χ1n) is 11.0. The summed E-state index contributed by atoms with van der Waals surface area (Å²) < 4.78 is 41.2. The molecule has 0 aromatic heterocycles. The molecule has 0 spiro atoms. The molecular weight excluding hydrogens is 455 g/mol. The SMILES string of the molecule is C=N/C(=C\C=Nc1ccc(N2CCN(C)CC2)c(C(F)(F)F)c1)Nc1cccc(CC#N)c1.CN. The average molecular weight is 486 g/mol. The second kappa shape index (κ2) is 13.3. The number of aliphatic imine (C=N–C) groups is 2. The lowest BCUT2D eigenvalue weighted by Crippen LogP contribution is -2.45. The van der Waals surface area contributed by atoms with Crippen LogP contribution in [0.25, 0.3) is 0 Å². The number of rotatable bonds is 7. The van der Waals surface area contributed by atoms with Gasteiger partial charge in [-0.2, -0.15) is 18.4 Å². The molecule has 0 radical (unpaired) electrons. The standard InChI is InChI=1S/C24H25F3N6.CH5N/c1-29-23(31-20-5-3-4-18(16-20)8-10-28)9-11-30-19-6-7-22(21(17-19)24(25,26)27)33-14-12-32(2)13-15-33;1-2/h3-7,9,11,16-17,31H,1,8,12-15H2,2H3;2H2,1H3/b23-9+,30-11?;. The number of piperazine rings is 1. The average Bonchev–Trinajstić information content (AvgIpc) is 2.85. The zero-order valence-corrected chi connectivity index (χ0v) is 19.9. The lowest BCUT2D eigenvalue weighted by molar-refractivity contribution is -0.137. The highest BCUT2D eigenvalue weighted by molar-refractivity contribution is 5.77. The van der Waals surface area contributed by atoms with Crippen molar-refractivity contribution in [3.8, 4) is 6.07 Å². The largest absolute Gasteiger partial charge is 0.418 e. The Labute approximate surface area is 204 Å². The van der Waals surface area contributed by atoms with Crippen molar-refractivity contribution in [2.24, 2.45) is 15.7 Å². The van der Waals surface area contributed by atoms with Crippen LogP contribution in [0.3, 0.4) is 0 Å². The highest BCUT2D eigenvalue weighted by Crippen LogP contribution is 2.39. The van der Waals surface area contributed by atoms with Crippen LogP contribution in [0.15, 0.2) is 64.3 Å². The van der Waals surface area contributed by atoms with E-state index >= 15 is 0 Å². The Morgan fingerprint density at radius 1 is 1.17 bits per heavy atom. The van der Waals surface area contributed by atoms with E-state index in [9.17, 15) is 13.2 Å². The number of alkyl halides is 3. The van der Waals surface area contributed by atoms with Gasteiger partial charge in [-0.25, -0.2) is 4.99 Å². The van der Waals surface area contributed by atoms with Crippen molar-refractivity contribution in [1.82, 2.24) is 4.90 Å². The molecule has 7 nitrogen and oxygen atoms in total. The Bertz CT molecular complexity index is 1080. The van der Waals surface area contributed by atoms with Gasteiger partial charge >= 0.3 is 6.18 Å². The van der Waals surface area contributed by atoms with E-state index in [1.165, 1.54) is 25.4 Å². The van der Waals surface area contributed by atoms with Gasteiger partial charge in [0.2, 0.25) is 0 Å². The van der Waals surface area contributed by atoms with E-state index in [2.05, 4.69) is 38.7 Å². The lowest BCUT2D eigenvalue weighted by atomic mass is 10.1. The number of anilines is 2. The van der Waals surface area contributed by atoms with Gasteiger partial charge in [0.05, 0.1) is 23.7 Å². The van der Waals surface area contributed by atoms with Crippen LogP contribution in [0.1, 0.15) is 11.1 Å². The Balaban J connectivity index is 0.00000210. The number of likely N-dealkylation sites (N-methyl/N-ethyl adjacent to an activating group) is 1. The molecule has 2 aromatic carbocycles. The molecule has 10 heteroatoms. The van der Waals surface area contributed by atoms with E-state index in [-0.39, 0.29) is 17.8 Å². The summed E-state index contributed by atoms with van der Waals surface area (Å²) in [6.07, 6.45) is -1.31. The fourth-order valence-electron chi connectivity index (χ4n) is 3.48. The second-order valence-corrected chi connectivity index (χ2v) is 7.64. The summed E-state index contributed by atoms with van der Waals surface area (Å²) >= 11 is 0. The Morgan fingerprint density at radius 3 is 2.51 bits per heavy atom. The van der Waals surface area contributed by atoms with Crippen molar-refractivity contribution >= 4 is 30.0 Å². The van der Waals surface area contributed by atoms with E-state index < -0.39 is 11.7 Å². The number of hydrogen-bond donors (Lipinski definition) is 2. The van der Waals surface area contributed by atoms with Crippen LogP contribution in [0, 0.1) is 11.3 Å². The molecule has 1 heterocycles. The van der Waals surface area contributed by atoms with Crippen molar-refractivity contribution in [3.05, 3.63) is 65.5 Å². The summed E-state index contributed by atoms with van der Waals surface area (Å²) in [5, 5.41) is 11.9. The fourth-order valence-corrected chi connectivity index (χ4v) is 3.48. The van der Waals surface area contributed by atoms with Crippen LogP contribution in [0.4, 0.5) is 30.2 Å². The van der Waals surface area contributed by atoms with Gasteiger partial charge in [0.15, 0.2) is 0 Å². The number of benzene rings is 2. The zero-order chi connectivity index (χ0) is 25.8. The molecule has 3 N–H and O–H groups in total. The molecule has 0 aliphatic carbocycles. The maximum atomic E-state index is 13.7. The van der Waals surface area contributed by atoms with Crippen molar-refractivity contribution in [3.63, 3.8) is 0 Å². The molecule has 1 aliphatic rings. The summed E-state index contributed by atoms with van der Waals surface area (Å²) in [6, 6.07) is 13.5. The Morgan fingerprint density at radius 2 is 1.89 bits per heavy atom. The van der Waals surface area contributed by atoms with E-state index in [1.807, 2.05) is 31.3 Å². The molecule has 1 fully saturated rings. The summed E-state index contributed by atoms with van der Waals surface area (Å²) in [5.74, 6) is 0.373. The highest BCUT2D eigenvalue weighted by Gasteiger charge is 2.35. The molecule has 3 rings (SSSR count). The number of nitrogens with one attached hydrogen (secondary N) is 1. The van der Waals surface area contributed by atoms with Crippen molar-refractivity contribution in [2.75, 3.05) is 50.5 Å². The minimum atomic E-state index is -4.48. The van der Waals surface area contributed by atoms with Gasteiger partial charge in [0.25, 0.3) is 0 Å². The number of allylic oxidation sites excluding steroid dienone is 1. The molecule has 186 valence electrons. The maximum absolute atomic E-state index is 13.7. The van der Waals surface area contributed by atoms with Gasteiger partial charge in [0.1, 0.15) is 5.82 Å². The summed E-state index contributed by atoms with van der Waals surface area (Å²) in [6.45, 7) is 6.02. The molecule has 0 amide bonds. The Hall–Kier alpha value is -3.68. The monoisotopic (exact) mass is 485 g/mol. The van der Waals surface area contributed by atoms with Gasteiger partial charge in [-0.1, -0.05) is 12.1 Å². The summed E-state index contributed by atoms with van der Waals surface area (Å²) in [7, 11) is 3.46. The van der Waals surface area contributed by atoms with E-state index in [0.29, 0.717) is 37.7 Å². The van der Waals surface area contributed by atoms with E-state index in [0.717, 1.165) is 11.6 Å². The van der Waals surface area contributed by atoms with Gasteiger partial charge in [-0.15, -0.1) is 0 Å². The maximum Gasteiger partial charge on any atom is 0.418 e. The van der Waals surface area contributed by atoms with E-state index in [4.69, 9.17) is 5.26 Å². The van der Waals surface area contributed by atoms with Crippen molar-refractivity contribution in [1.29, 1.82) is 5.26 Å². The highest BCUT2D eigenvalue weighted by atomic mass is 19.4. The van der Waals surface area contributed by atoms with Crippen LogP contribution in [0.2, 0.25) is 0 Å². The molecular formula is C25H30F3N7. The summed E-state index contributed by atoms with van der Waals surface area (Å²) in [4.78, 5) is 11.9. The third-order valence-corrected chi connectivity index (χ3v) is 5.24.